The van der Waals surface area contributed by atoms with Crippen molar-refractivity contribution in [2.75, 3.05) is 0 Å². The van der Waals surface area contributed by atoms with Gasteiger partial charge in [0.1, 0.15) is 0 Å². The number of hydrogen-bond donors (Lipinski definition) is 0. The van der Waals surface area contributed by atoms with Gasteiger partial charge in [-0.3, -0.25) is 0 Å². The number of fused-ring (bicyclic) bond motifs is 12. The lowest BCUT2D eigenvalue weighted by Gasteiger charge is -2.22. The maximum atomic E-state index is 2.51. The first-order valence-corrected chi connectivity index (χ1v) is 21.8. The molecule has 1 heteroatoms. The lowest BCUT2D eigenvalue weighted by atomic mass is 9.81. The van der Waals surface area contributed by atoms with Crippen molar-refractivity contribution in [2.45, 2.75) is 19.3 Å². The van der Waals surface area contributed by atoms with E-state index < -0.39 is 0 Å². The van der Waals surface area contributed by atoms with Crippen molar-refractivity contribution in [3.05, 3.63) is 205 Å². The van der Waals surface area contributed by atoms with E-state index in [1.807, 2.05) is 11.3 Å². The lowest BCUT2D eigenvalue weighted by Crippen LogP contribution is -2.15. The Balaban J connectivity index is 0.914. The molecule has 0 radical (unpaired) electrons. The Morgan fingerprint density at radius 2 is 0.850 bits per heavy atom. The normalized spacial score (nSPS) is 13.3. The molecule has 0 aliphatic heterocycles. The van der Waals surface area contributed by atoms with Gasteiger partial charge in [0.15, 0.2) is 0 Å². The molecule has 0 fully saturated rings. The van der Waals surface area contributed by atoms with E-state index in [4.69, 9.17) is 0 Å². The zero-order chi connectivity index (χ0) is 39.7. The standard InChI is InChI=1S/C59H38S/c1-59(2)52-32-40(26-28-44(52)50-34-55-51(33-53(50)59)58-43-16-6-4-13-36(43)27-29-54(58)60-55)38-22-23-39-31-41(25-24-37(39)30-38)56-46-17-7-9-19-48(46)57(49-20-10-8-18-47(49)56)45-21-11-14-35-12-3-5-15-42(35)45/h3-34H,1-2H3. The van der Waals surface area contributed by atoms with Crippen LogP contribution in [-0.2, 0) is 5.41 Å². The van der Waals surface area contributed by atoms with Gasteiger partial charge in [0.05, 0.1) is 0 Å². The van der Waals surface area contributed by atoms with Crippen LogP contribution in [0.4, 0.5) is 0 Å². The highest BCUT2D eigenvalue weighted by Gasteiger charge is 2.36. The SMILES string of the molecule is CC1(C)c2cc(-c3ccc4cc(-c5c6ccccc6c(-c6cccc7ccccc67)c6ccccc56)ccc4c3)ccc2-c2cc3sc4ccc5ccccc5c4c3cc21. The Hall–Kier alpha value is -7.06. The minimum Gasteiger partial charge on any atom is -0.135 e. The van der Waals surface area contributed by atoms with E-state index in [1.165, 1.54) is 130 Å². The molecule has 11 aromatic carbocycles. The Labute approximate surface area is 352 Å². The fraction of sp³-hybridized carbons (Fsp3) is 0.0508. The topological polar surface area (TPSA) is 0 Å². The van der Waals surface area contributed by atoms with Crippen LogP contribution in [0.25, 0.3) is 119 Å². The van der Waals surface area contributed by atoms with E-state index in [-0.39, 0.29) is 5.41 Å². The summed E-state index contributed by atoms with van der Waals surface area (Å²) in [6.07, 6.45) is 0. The lowest BCUT2D eigenvalue weighted by molar-refractivity contribution is 0.661. The highest BCUT2D eigenvalue weighted by atomic mass is 32.1. The third kappa shape index (κ3) is 4.79. The van der Waals surface area contributed by atoms with Crippen molar-refractivity contribution in [1.82, 2.24) is 0 Å². The fourth-order valence-corrected chi connectivity index (χ4v) is 11.8. The second-order valence-electron chi connectivity index (χ2n) is 17.2. The first kappa shape index (κ1) is 33.9. The minimum atomic E-state index is -0.117. The molecule has 0 bridgehead atoms. The van der Waals surface area contributed by atoms with Gasteiger partial charge in [0.2, 0.25) is 0 Å². The second kappa shape index (κ2) is 12.5. The van der Waals surface area contributed by atoms with E-state index in [1.54, 1.807) is 0 Å². The first-order valence-electron chi connectivity index (χ1n) is 21.0. The number of rotatable bonds is 3. The fourth-order valence-electron chi connectivity index (χ4n) is 10.7. The molecule has 1 heterocycles. The van der Waals surface area contributed by atoms with Gasteiger partial charge in [0, 0.05) is 25.6 Å². The summed E-state index contributed by atoms with van der Waals surface area (Å²) in [5, 5.41) is 15.6. The van der Waals surface area contributed by atoms with E-state index in [0.717, 1.165) is 0 Å². The molecule has 0 saturated carbocycles. The van der Waals surface area contributed by atoms with Crippen LogP contribution in [0.2, 0.25) is 0 Å². The average molecular weight is 779 g/mol. The molecule has 0 atom stereocenters. The van der Waals surface area contributed by atoms with Crippen molar-refractivity contribution in [3.63, 3.8) is 0 Å². The molecule has 0 saturated heterocycles. The van der Waals surface area contributed by atoms with Crippen LogP contribution in [0.3, 0.4) is 0 Å². The Bertz CT molecular complexity index is 3740. The molecule has 1 aliphatic rings. The molecular formula is C59H38S. The maximum absolute atomic E-state index is 2.51. The van der Waals surface area contributed by atoms with Crippen LogP contribution in [0.1, 0.15) is 25.0 Å². The molecule has 0 amide bonds. The minimum absolute atomic E-state index is 0.117. The molecular weight excluding hydrogens is 741 g/mol. The number of hydrogen-bond acceptors (Lipinski definition) is 1. The number of thiophene rings is 1. The molecule has 1 aromatic heterocycles. The van der Waals surface area contributed by atoms with Gasteiger partial charge >= 0.3 is 0 Å². The summed E-state index contributed by atoms with van der Waals surface area (Å²) in [5.41, 5.74) is 13.1. The summed E-state index contributed by atoms with van der Waals surface area (Å²) in [7, 11) is 0. The predicted molar refractivity (Wildman–Crippen MR) is 261 cm³/mol. The molecule has 60 heavy (non-hydrogen) atoms. The average Bonchev–Trinajstić information content (AvgIpc) is 3.77. The molecule has 12 aromatic rings. The molecule has 0 N–H and O–H groups in total. The number of benzene rings is 11. The summed E-state index contributed by atoms with van der Waals surface area (Å²) >= 11 is 1.92. The van der Waals surface area contributed by atoms with E-state index in [2.05, 4.69) is 208 Å². The van der Waals surface area contributed by atoms with Crippen molar-refractivity contribution in [1.29, 1.82) is 0 Å². The first-order chi connectivity index (χ1) is 29.5. The van der Waals surface area contributed by atoms with Gasteiger partial charge in [-0.2, -0.15) is 0 Å². The summed E-state index contributed by atoms with van der Waals surface area (Å²) in [5.74, 6) is 0. The van der Waals surface area contributed by atoms with Gasteiger partial charge in [-0.15, -0.1) is 11.3 Å². The summed E-state index contributed by atoms with van der Waals surface area (Å²) in [6.45, 7) is 4.81. The van der Waals surface area contributed by atoms with Crippen molar-refractivity contribution >= 4 is 85.4 Å². The van der Waals surface area contributed by atoms with Crippen LogP contribution in [0, 0.1) is 0 Å². The van der Waals surface area contributed by atoms with Gasteiger partial charge in [-0.05, 0) is 146 Å². The van der Waals surface area contributed by atoms with Crippen LogP contribution >= 0.6 is 11.3 Å². The predicted octanol–water partition coefficient (Wildman–Crippen LogP) is 17.1. The third-order valence-corrected chi connectivity index (χ3v) is 14.7. The van der Waals surface area contributed by atoms with Crippen LogP contribution < -0.4 is 0 Å². The monoisotopic (exact) mass is 778 g/mol. The molecule has 13 rings (SSSR count). The van der Waals surface area contributed by atoms with Crippen molar-refractivity contribution < 1.29 is 0 Å². The highest BCUT2D eigenvalue weighted by Crippen LogP contribution is 2.53. The van der Waals surface area contributed by atoms with Gasteiger partial charge < -0.3 is 0 Å². The molecule has 1 aliphatic carbocycles. The zero-order valence-corrected chi connectivity index (χ0v) is 34.2. The van der Waals surface area contributed by atoms with E-state index in [9.17, 15) is 0 Å². The third-order valence-electron chi connectivity index (χ3n) is 13.6. The molecule has 280 valence electrons. The molecule has 0 spiro atoms. The summed E-state index contributed by atoms with van der Waals surface area (Å²) < 4.78 is 2.73. The van der Waals surface area contributed by atoms with Gasteiger partial charge in [-0.25, -0.2) is 0 Å². The Kier molecular flexibility index (Phi) is 7.04. The van der Waals surface area contributed by atoms with Crippen molar-refractivity contribution in [2.24, 2.45) is 0 Å². The van der Waals surface area contributed by atoms with E-state index >= 15 is 0 Å². The maximum Gasteiger partial charge on any atom is 0.0362 e. The summed E-state index contributed by atoms with van der Waals surface area (Å²) in [6, 6.07) is 73.0. The smallest absolute Gasteiger partial charge is 0.0362 e. The van der Waals surface area contributed by atoms with Crippen molar-refractivity contribution in [3.8, 4) is 44.5 Å². The summed E-state index contributed by atoms with van der Waals surface area (Å²) in [4.78, 5) is 0. The van der Waals surface area contributed by atoms with Crippen LogP contribution in [0.5, 0.6) is 0 Å². The Morgan fingerprint density at radius 3 is 1.58 bits per heavy atom. The largest absolute Gasteiger partial charge is 0.135 e. The van der Waals surface area contributed by atoms with Crippen LogP contribution in [-0.4, -0.2) is 0 Å². The van der Waals surface area contributed by atoms with Gasteiger partial charge in [0.25, 0.3) is 0 Å². The van der Waals surface area contributed by atoms with E-state index in [0.29, 0.717) is 0 Å². The second-order valence-corrected chi connectivity index (χ2v) is 18.3. The Morgan fingerprint density at radius 1 is 0.317 bits per heavy atom. The highest BCUT2D eigenvalue weighted by molar-refractivity contribution is 7.26. The van der Waals surface area contributed by atoms with Gasteiger partial charge in [-0.1, -0.05) is 172 Å². The quantitative estimate of drug-likeness (QED) is 0.157. The molecule has 0 unspecified atom stereocenters. The van der Waals surface area contributed by atoms with Crippen LogP contribution in [0.15, 0.2) is 194 Å². The zero-order valence-electron chi connectivity index (χ0n) is 33.4. The molecule has 0 nitrogen and oxygen atoms in total.